The molecule has 6 heteroatoms. The van der Waals surface area contributed by atoms with Gasteiger partial charge >= 0.3 is 5.97 Å². The number of carbonyl (C=O) groups is 1. The molecule has 0 amide bonds. The van der Waals surface area contributed by atoms with Crippen molar-refractivity contribution in [1.82, 2.24) is 4.98 Å². The van der Waals surface area contributed by atoms with Crippen LogP contribution >= 0.6 is 11.6 Å². The number of benzene rings is 1. The van der Waals surface area contributed by atoms with Crippen LogP contribution in [0.25, 0.3) is 0 Å². The van der Waals surface area contributed by atoms with Crippen LogP contribution in [0.4, 0.5) is 15.8 Å². The van der Waals surface area contributed by atoms with Crippen molar-refractivity contribution in [2.45, 2.75) is 6.92 Å². The van der Waals surface area contributed by atoms with Crippen molar-refractivity contribution in [3.63, 3.8) is 0 Å². The Morgan fingerprint density at radius 3 is 2.84 bits per heavy atom. The van der Waals surface area contributed by atoms with Gasteiger partial charge in [-0.3, -0.25) is 4.98 Å². The minimum Gasteiger partial charge on any atom is -0.478 e. The molecule has 1 aromatic heterocycles. The lowest BCUT2D eigenvalue weighted by molar-refractivity contribution is 0.0697. The maximum atomic E-state index is 13.8. The van der Waals surface area contributed by atoms with E-state index >= 15 is 0 Å². The number of carboxylic acids is 1. The lowest BCUT2D eigenvalue weighted by Gasteiger charge is -2.11. The van der Waals surface area contributed by atoms with Crippen molar-refractivity contribution in [2.75, 3.05) is 5.32 Å². The summed E-state index contributed by atoms with van der Waals surface area (Å²) in [7, 11) is 0. The van der Waals surface area contributed by atoms with Gasteiger partial charge in [0.2, 0.25) is 0 Å². The van der Waals surface area contributed by atoms with Crippen molar-refractivity contribution in [2.24, 2.45) is 0 Å². The highest BCUT2D eigenvalue weighted by Crippen LogP contribution is 2.27. The van der Waals surface area contributed by atoms with E-state index in [1.807, 2.05) is 0 Å². The van der Waals surface area contributed by atoms with E-state index in [0.29, 0.717) is 5.69 Å². The Balaban J connectivity index is 2.45. The molecule has 0 unspecified atom stereocenters. The number of anilines is 2. The summed E-state index contributed by atoms with van der Waals surface area (Å²) in [6, 6.07) is 5.99. The lowest BCUT2D eigenvalue weighted by Crippen LogP contribution is -2.05. The van der Waals surface area contributed by atoms with E-state index in [2.05, 4.69) is 10.3 Å². The Bertz CT molecular complexity index is 647. The number of hydrogen-bond donors (Lipinski definition) is 2. The van der Waals surface area contributed by atoms with E-state index in [-0.39, 0.29) is 22.0 Å². The normalized spacial score (nSPS) is 10.3. The number of halogens is 2. The van der Waals surface area contributed by atoms with Crippen LogP contribution in [-0.4, -0.2) is 16.1 Å². The highest BCUT2D eigenvalue weighted by Gasteiger charge is 2.13. The number of aromatic carboxylic acids is 1. The summed E-state index contributed by atoms with van der Waals surface area (Å²) in [5.41, 5.74) is 0.960. The third-order valence-electron chi connectivity index (χ3n) is 2.49. The van der Waals surface area contributed by atoms with Gasteiger partial charge in [0.25, 0.3) is 0 Å². The van der Waals surface area contributed by atoms with Gasteiger partial charge in [-0.15, -0.1) is 0 Å². The average Bonchev–Trinajstić information content (AvgIpc) is 2.35. The zero-order valence-corrected chi connectivity index (χ0v) is 10.7. The molecule has 2 N–H and O–H groups in total. The molecule has 0 saturated heterocycles. The Kier molecular flexibility index (Phi) is 3.66. The maximum absolute atomic E-state index is 13.8. The molecule has 0 radical (unpaired) electrons. The summed E-state index contributed by atoms with van der Waals surface area (Å²) in [6.07, 6.45) is 1.22. The maximum Gasteiger partial charge on any atom is 0.339 e. The van der Waals surface area contributed by atoms with Crippen molar-refractivity contribution in [3.05, 3.63) is 52.6 Å². The van der Waals surface area contributed by atoms with E-state index in [1.165, 1.54) is 24.4 Å². The molecule has 2 rings (SSSR count). The predicted molar refractivity (Wildman–Crippen MR) is 70.6 cm³/mol. The number of rotatable bonds is 3. The van der Waals surface area contributed by atoms with Crippen molar-refractivity contribution in [3.8, 4) is 0 Å². The minimum absolute atomic E-state index is 0.0346. The fraction of sp³-hybridized carbons (Fsp3) is 0.0769. The third kappa shape index (κ3) is 2.82. The van der Waals surface area contributed by atoms with Gasteiger partial charge < -0.3 is 10.4 Å². The van der Waals surface area contributed by atoms with E-state index < -0.39 is 11.8 Å². The van der Waals surface area contributed by atoms with Crippen molar-refractivity contribution >= 4 is 28.9 Å². The predicted octanol–water partition coefficient (Wildman–Crippen LogP) is 3.62. The molecule has 19 heavy (non-hydrogen) atoms. The first-order chi connectivity index (χ1) is 8.99. The quantitative estimate of drug-likeness (QED) is 0.901. The number of hydrogen-bond acceptors (Lipinski definition) is 3. The van der Waals surface area contributed by atoms with E-state index in [1.54, 1.807) is 13.0 Å². The van der Waals surface area contributed by atoms with Gasteiger partial charge in [0.1, 0.15) is 5.56 Å². The summed E-state index contributed by atoms with van der Waals surface area (Å²) in [4.78, 5) is 15.0. The molecule has 0 bridgehead atoms. The second kappa shape index (κ2) is 5.24. The number of nitrogens with zero attached hydrogens (tertiary/aromatic N) is 1. The van der Waals surface area contributed by atoms with E-state index in [9.17, 15) is 9.18 Å². The van der Waals surface area contributed by atoms with Crippen molar-refractivity contribution in [1.29, 1.82) is 0 Å². The minimum atomic E-state index is -1.14. The largest absolute Gasteiger partial charge is 0.478 e. The second-order valence-electron chi connectivity index (χ2n) is 3.90. The molecule has 0 aliphatic heterocycles. The standard InChI is InChI=1S/C13H10ClFN2O2/c1-7-5-11(8(6-16-7)13(18)19)17-10-4-2-3-9(14)12(10)15/h2-6H,1H3,(H,16,17)(H,18,19). The number of aryl methyl sites for hydroxylation is 1. The Hall–Kier alpha value is -2.14. The summed E-state index contributed by atoms with van der Waals surface area (Å²) in [6.45, 7) is 1.71. The molecule has 0 aliphatic rings. The summed E-state index contributed by atoms with van der Waals surface area (Å²) < 4.78 is 13.8. The van der Waals surface area contributed by atoms with Crippen LogP contribution in [-0.2, 0) is 0 Å². The fourth-order valence-electron chi connectivity index (χ4n) is 1.58. The Morgan fingerprint density at radius 1 is 1.42 bits per heavy atom. The molecular formula is C13H10ClFN2O2. The first-order valence-corrected chi connectivity index (χ1v) is 5.78. The Labute approximate surface area is 113 Å². The van der Waals surface area contributed by atoms with Gasteiger partial charge in [0.15, 0.2) is 5.82 Å². The monoisotopic (exact) mass is 280 g/mol. The first-order valence-electron chi connectivity index (χ1n) is 5.40. The summed E-state index contributed by atoms with van der Waals surface area (Å²) in [5, 5.41) is 11.7. The van der Waals surface area contributed by atoms with Gasteiger partial charge in [0.05, 0.1) is 16.4 Å². The molecule has 0 fully saturated rings. The molecule has 1 heterocycles. The third-order valence-corrected chi connectivity index (χ3v) is 2.78. The lowest BCUT2D eigenvalue weighted by atomic mass is 10.2. The topological polar surface area (TPSA) is 62.2 Å². The molecule has 98 valence electrons. The highest BCUT2D eigenvalue weighted by atomic mass is 35.5. The van der Waals surface area contributed by atoms with Crippen LogP contribution in [0.2, 0.25) is 5.02 Å². The van der Waals surface area contributed by atoms with E-state index in [0.717, 1.165) is 0 Å². The van der Waals surface area contributed by atoms with Crippen LogP contribution in [0.5, 0.6) is 0 Å². The zero-order valence-electron chi connectivity index (χ0n) is 9.95. The molecule has 0 atom stereocenters. The summed E-state index contributed by atoms with van der Waals surface area (Å²) >= 11 is 5.67. The van der Waals surface area contributed by atoms with Crippen LogP contribution in [0.15, 0.2) is 30.5 Å². The number of aromatic nitrogens is 1. The smallest absolute Gasteiger partial charge is 0.339 e. The molecular weight excluding hydrogens is 271 g/mol. The first kappa shape index (κ1) is 13.3. The van der Waals surface area contributed by atoms with Crippen LogP contribution in [0.1, 0.15) is 16.1 Å². The highest BCUT2D eigenvalue weighted by molar-refractivity contribution is 6.31. The SMILES string of the molecule is Cc1cc(Nc2cccc(Cl)c2F)c(C(=O)O)cn1. The Morgan fingerprint density at radius 2 is 2.16 bits per heavy atom. The second-order valence-corrected chi connectivity index (χ2v) is 4.31. The van der Waals surface area contributed by atoms with Crippen LogP contribution < -0.4 is 5.32 Å². The molecule has 0 aliphatic carbocycles. The number of nitrogens with one attached hydrogen (secondary N) is 1. The fourth-order valence-corrected chi connectivity index (χ4v) is 1.75. The number of pyridine rings is 1. The van der Waals surface area contributed by atoms with Gasteiger partial charge in [-0.1, -0.05) is 17.7 Å². The molecule has 1 aromatic carbocycles. The van der Waals surface area contributed by atoms with Crippen LogP contribution in [0, 0.1) is 12.7 Å². The number of carboxylic acid groups (broad SMARTS) is 1. The zero-order chi connectivity index (χ0) is 14.0. The van der Waals surface area contributed by atoms with Gasteiger partial charge in [-0.25, -0.2) is 9.18 Å². The van der Waals surface area contributed by atoms with Gasteiger partial charge in [-0.05, 0) is 25.1 Å². The average molecular weight is 281 g/mol. The van der Waals surface area contributed by atoms with Crippen LogP contribution in [0.3, 0.4) is 0 Å². The summed E-state index contributed by atoms with van der Waals surface area (Å²) in [5.74, 6) is -1.77. The van der Waals surface area contributed by atoms with Gasteiger partial charge in [-0.2, -0.15) is 0 Å². The molecule has 4 nitrogen and oxygen atoms in total. The van der Waals surface area contributed by atoms with Crippen molar-refractivity contribution < 1.29 is 14.3 Å². The molecule has 0 spiro atoms. The molecule has 2 aromatic rings. The van der Waals surface area contributed by atoms with E-state index in [4.69, 9.17) is 16.7 Å². The van der Waals surface area contributed by atoms with Gasteiger partial charge in [0, 0.05) is 11.9 Å². The molecule has 0 saturated carbocycles.